The molecule has 2 saturated carbocycles. The van der Waals surface area contributed by atoms with Crippen LogP contribution < -0.4 is 15.8 Å². The molecule has 21 heavy (non-hydrogen) atoms. The number of rotatable bonds is 4. The van der Waals surface area contributed by atoms with Gasteiger partial charge in [0, 0.05) is 12.1 Å². The van der Waals surface area contributed by atoms with Crippen LogP contribution in [0.3, 0.4) is 0 Å². The van der Waals surface area contributed by atoms with E-state index >= 15 is 0 Å². The second-order valence-electron chi connectivity index (χ2n) is 7.02. The quantitative estimate of drug-likeness (QED) is 0.882. The summed E-state index contributed by atoms with van der Waals surface area (Å²) in [4.78, 5) is 0. The highest BCUT2D eigenvalue weighted by Gasteiger charge is 2.43. The Morgan fingerprint density at radius 1 is 1.05 bits per heavy atom. The van der Waals surface area contributed by atoms with Gasteiger partial charge in [-0.15, -0.1) is 0 Å². The fourth-order valence-electron chi connectivity index (χ4n) is 4.30. The molecule has 1 aromatic rings. The summed E-state index contributed by atoms with van der Waals surface area (Å²) in [6, 6.07) is 8.16. The third-order valence-electron chi connectivity index (χ3n) is 5.83. The maximum atomic E-state index is 6.16. The minimum Gasteiger partial charge on any atom is -0.495 e. The van der Waals surface area contributed by atoms with Crippen molar-refractivity contribution in [1.29, 1.82) is 0 Å². The summed E-state index contributed by atoms with van der Waals surface area (Å²) in [5.41, 5.74) is 7.92. The molecule has 1 aromatic carbocycles. The Bertz CT molecular complexity index is 470. The predicted molar refractivity (Wildman–Crippen MR) is 87.8 cm³/mol. The molecule has 0 atom stereocenters. The van der Waals surface area contributed by atoms with E-state index in [-0.39, 0.29) is 5.54 Å². The average Bonchev–Trinajstić information content (AvgIpc) is 2.99. The molecule has 3 nitrogen and oxygen atoms in total. The number of methoxy groups -OCH3 is 1. The van der Waals surface area contributed by atoms with Crippen molar-refractivity contribution < 1.29 is 4.74 Å². The average molecular weight is 288 g/mol. The molecule has 3 heteroatoms. The molecule has 0 heterocycles. The largest absolute Gasteiger partial charge is 0.495 e. The molecule has 2 aliphatic carbocycles. The first-order valence-corrected chi connectivity index (χ1v) is 8.32. The molecule has 3 N–H and O–H groups in total. The molecule has 3 rings (SSSR count). The Hall–Kier alpha value is -1.22. The van der Waals surface area contributed by atoms with Crippen LogP contribution in [0.15, 0.2) is 24.3 Å². The Balaban J connectivity index is 1.73. The number of ether oxygens (including phenoxy) is 1. The third kappa shape index (κ3) is 2.89. The van der Waals surface area contributed by atoms with E-state index in [1.807, 2.05) is 12.1 Å². The van der Waals surface area contributed by atoms with Gasteiger partial charge in [-0.3, -0.25) is 0 Å². The molecule has 0 radical (unpaired) electrons. The van der Waals surface area contributed by atoms with Crippen LogP contribution in [0, 0.1) is 5.41 Å². The number of nitrogens with one attached hydrogen (secondary N) is 1. The number of anilines is 1. The van der Waals surface area contributed by atoms with Crippen molar-refractivity contribution in [3.8, 4) is 5.75 Å². The fourth-order valence-corrected chi connectivity index (χ4v) is 4.30. The summed E-state index contributed by atoms with van der Waals surface area (Å²) in [7, 11) is 1.73. The van der Waals surface area contributed by atoms with Crippen LogP contribution in [0.25, 0.3) is 0 Å². The van der Waals surface area contributed by atoms with Crippen molar-refractivity contribution in [2.24, 2.45) is 11.1 Å². The van der Waals surface area contributed by atoms with Gasteiger partial charge in [-0.05, 0) is 56.1 Å². The van der Waals surface area contributed by atoms with E-state index in [1.165, 1.54) is 51.4 Å². The zero-order valence-electron chi connectivity index (χ0n) is 13.2. The number of hydrogen-bond acceptors (Lipinski definition) is 3. The van der Waals surface area contributed by atoms with Gasteiger partial charge in [0.1, 0.15) is 5.75 Å². The van der Waals surface area contributed by atoms with Gasteiger partial charge in [-0.1, -0.05) is 25.0 Å². The predicted octanol–water partition coefficient (Wildman–Crippen LogP) is 3.94. The molecule has 0 aliphatic heterocycles. The first kappa shape index (κ1) is 14.7. The molecular formula is C18H28N2O. The van der Waals surface area contributed by atoms with Crippen LogP contribution in [0.5, 0.6) is 5.75 Å². The summed E-state index contributed by atoms with van der Waals surface area (Å²) < 4.78 is 5.47. The van der Waals surface area contributed by atoms with Gasteiger partial charge in [0.15, 0.2) is 0 Å². The maximum Gasteiger partial charge on any atom is 0.141 e. The van der Waals surface area contributed by atoms with E-state index in [9.17, 15) is 0 Å². The van der Waals surface area contributed by atoms with Crippen LogP contribution in [0.1, 0.15) is 51.4 Å². The van der Waals surface area contributed by atoms with Gasteiger partial charge in [0.25, 0.3) is 0 Å². The summed E-state index contributed by atoms with van der Waals surface area (Å²) in [6.07, 6.45) is 10.7. The van der Waals surface area contributed by atoms with Crippen molar-refractivity contribution in [1.82, 2.24) is 0 Å². The molecule has 0 amide bonds. The Labute approximate surface area is 128 Å². The highest BCUT2D eigenvalue weighted by atomic mass is 16.5. The summed E-state index contributed by atoms with van der Waals surface area (Å²) in [5, 5.41) is 3.72. The second-order valence-corrected chi connectivity index (χ2v) is 7.02. The number of hydrogen-bond donors (Lipinski definition) is 2. The first-order chi connectivity index (χ1) is 10.2. The lowest BCUT2D eigenvalue weighted by Gasteiger charge is -2.45. The smallest absolute Gasteiger partial charge is 0.141 e. The van der Waals surface area contributed by atoms with Gasteiger partial charge in [-0.25, -0.2) is 0 Å². The second kappa shape index (κ2) is 5.88. The number of benzene rings is 1. The minimum atomic E-state index is 0.0441. The first-order valence-electron chi connectivity index (χ1n) is 8.32. The SMILES string of the molecule is COc1ccccc1NC1(CN)CCC2(CCCC2)CC1. The summed E-state index contributed by atoms with van der Waals surface area (Å²) in [6.45, 7) is 0.696. The topological polar surface area (TPSA) is 47.3 Å². The minimum absolute atomic E-state index is 0.0441. The van der Waals surface area contributed by atoms with E-state index in [4.69, 9.17) is 10.5 Å². The third-order valence-corrected chi connectivity index (χ3v) is 5.83. The van der Waals surface area contributed by atoms with Crippen molar-refractivity contribution in [3.05, 3.63) is 24.3 Å². The van der Waals surface area contributed by atoms with Gasteiger partial charge < -0.3 is 15.8 Å². The van der Waals surface area contributed by atoms with E-state index in [0.717, 1.165) is 11.4 Å². The zero-order valence-corrected chi connectivity index (χ0v) is 13.2. The maximum absolute atomic E-state index is 6.16. The van der Waals surface area contributed by atoms with E-state index in [1.54, 1.807) is 7.11 Å². The lowest BCUT2D eigenvalue weighted by molar-refractivity contribution is 0.148. The molecule has 0 saturated heterocycles. The molecule has 0 unspecified atom stereocenters. The lowest BCUT2D eigenvalue weighted by atomic mass is 9.66. The van der Waals surface area contributed by atoms with Crippen LogP contribution in [0.4, 0.5) is 5.69 Å². The van der Waals surface area contributed by atoms with Crippen molar-refractivity contribution in [3.63, 3.8) is 0 Å². The van der Waals surface area contributed by atoms with Crippen LogP contribution >= 0.6 is 0 Å². The van der Waals surface area contributed by atoms with Crippen molar-refractivity contribution >= 4 is 5.69 Å². The van der Waals surface area contributed by atoms with E-state index in [2.05, 4.69) is 17.4 Å². The Morgan fingerprint density at radius 3 is 2.33 bits per heavy atom. The molecule has 2 aliphatic rings. The van der Waals surface area contributed by atoms with Crippen molar-refractivity contribution in [2.45, 2.75) is 56.9 Å². The summed E-state index contributed by atoms with van der Waals surface area (Å²) in [5.74, 6) is 0.909. The Kier molecular flexibility index (Phi) is 4.12. The zero-order chi connectivity index (χ0) is 14.8. The molecular weight excluding hydrogens is 260 g/mol. The molecule has 1 spiro atoms. The van der Waals surface area contributed by atoms with E-state index < -0.39 is 0 Å². The van der Waals surface area contributed by atoms with Crippen LogP contribution in [0.2, 0.25) is 0 Å². The van der Waals surface area contributed by atoms with Crippen LogP contribution in [-0.2, 0) is 0 Å². The van der Waals surface area contributed by atoms with E-state index in [0.29, 0.717) is 12.0 Å². The van der Waals surface area contributed by atoms with Crippen LogP contribution in [-0.4, -0.2) is 19.2 Å². The molecule has 2 fully saturated rings. The van der Waals surface area contributed by atoms with Gasteiger partial charge >= 0.3 is 0 Å². The normalized spacial score (nSPS) is 23.1. The number of para-hydroxylation sites is 2. The van der Waals surface area contributed by atoms with Gasteiger partial charge in [0.05, 0.1) is 12.8 Å². The standard InChI is InChI=1S/C18H28N2O/c1-21-16-7-3-2-6-15(16)20-18(14-19)12-10-17(11-13-18)8-4-5-9-17/h2-3,6-7,20H,4-5,8-14,19H2,1H3. The lowest BCUT2D eigenvalue weighted by Crippen LogP contribution is -2.50. The summed E-state index contributed by atoms with van der Waals surface area (Å²) >= 11 is 0. The Morgan fingerprint density at radius 2 is 1.71 bits per heavy atom. The monoisotopic (exact) mass is 288 g/mol. The van der Waals surface area contributed by atoms with Gasteiger partial charge in [0.2, 0.25) is 0 Å². The molecule has 0 aromatic heterocycles. The highest BCUT2D eigenvalue weighted by molar-refractivity contribution is 5.57. The van der Waals surface area contributed by atoms with Crippen molar-refractivity contribution in [2.75, 3.05) is 19.0 Å². The van der Waals surface area contributed by atoms with Gasteiger partial charge in [-0.2, -0.15) is 0 Å². The molecule has 0 bridgehead atoms. The molecule has 116 valence electrons. The highest BCUT2D eigenvalue weighted by Crippen LogP contribution is 2.51. The fraction of sp³-hybridized carbons (Fsp3) is 0.667. The number of nitrogens with two attached hydrogens (primary N) is 1.